The van der Waals surface area contributed by atoms with Gasteiger partial charge in [-0.25, -0.2) is 17.5 Å². The average molecular weight is 376 g/mol. The normalized spacial score (nSPS) is 17.5. The minimum absolute atomic E-state index is 0.0160. The number of hydrogen-bond donors (Lipinski definition) is 1. The van der Waals surface area contributed by atoms with E-state index in [1.165, 1.54) is 60.4 Å². The molecule has 6 nitrogen and oxygen atoms in total. The summed E-state index contributed by atoms with van der Waals surface area (Å²) >= 11 is 0. The highest BCUT2D eigenvalue weighted by atomic mass is 32.2. The number of carbonyl (C=O) groups excluding carboxylic acids is 2. The Labute approximate surface area is 150 Å². The summed E-state index contributed by atoms with van der Waals surface area (Å²) in [6, 6.07) is 10.5. The van der Waals surface area contributed by atoms with E-state index in [1.807, 2.05) is 0 Å². The number of hydrogen-bond acceptors (Lipinski definition) is 4. The van der Waals surface area contributed by atoms with Gasteiger partial charge in [0.25, 0.3) is 0 Å². The van der Waals surface area contributed by atoms with Crippen molar-refractivity contribution >= 4 is 27.4 Å². The maximum absolute atomic E-state index is 13.0. The van der Waals surface area contributed by atoms with Crippen LogP contribution in [0.5, 0.6) is 0 Å². The number of Topliss-reactive ketones (excluding diaryl/α,β-unsaturated/α-hetero) is 1. The standard InChI is InChI=1S/C18H17FN2O4S/c1-12(22)13-2-8-17(9-3-13)26(24,25)20-15-10-18(23)21(11-15)16-6-4-14(19)5-7-16/h2-9,15,20H,10-11H2,1H3/t15-/m0/s1. The summed E-state index contributed by atoms with van der Waals surface area (Å²) in [5.74, 6) is -0.805. The van der Waals surface area contributed by atoms with Crippen LogP contribution in [0.25, 0.3) is 0 Å². The first-order valence-corrected chi connectivity index (χ1v) is 9.44. The average Bonchev–Trinajstić information content (AvgIpc) is 2.95. The molecule has 1 heterocycles. The molecule has 2 aromatic carbocycles. The summed E-state index contributed by atoms with van der Waals surface area (Å²) in [5.41, 5.74) is 0.936. The van der Waals surface area contributed by atoms with Crippen LogP contribution in [0, 0.1) is 5.82 Å². The Balaban J connectivity index is 1.73. The van der Waals surface area contributed by atoms with Crippen molar-refractivity contribution in [3.8, 4) is 0 Å². The highest BCUT2D eigenvalue weighted by Gasteiger charge is 2.33. The first kappa shape index (κ1) is 18.2. The molecule has 0 aromatic heterocycles. The fraction of sp³-hybridized carbons (Fsp3) is 0.222. The van der Waals surface area contributed by atoms with Crippen molar-refractivity contribution in [1.29, 1.82) is 0 Å². The Kier molecular flexibility index (Phi) is 4.88. The third-order valence-corrected chi connectivity index (χ3v) is 5.69. The molecule has 0 spiro atoms. The second-order valence-electron chi connectivity index (χ2n) is 6.08. The van der Waals surface area contributed by atoms with Crippen molar-refractivity contribution in [1.82, 2.24) is 4.72 Å². The third-order valence-electron chi connectivity index (χ3n) is 4.16. The van der Waals surface area contributed by atoms with Crippen molar-refractivity contribution in [3.05, 3.63) is 59.9 Å². The summed E-state index contributed by atoms with van der Waals surface area (Å²) in [6.45, 7) is 1.56. The topological polar surface area (TPSA) is 83.5 Å². The van der Waals surface area contributed by atoms with Gasteiger partial charge in [0, 0.05) is 30.3 Å². The van der Waals surface area contributed by atoms with Crippen molar-refractivity contribution in [3.63, 3.8) is 0 Å². The fourth-order valence-electron chi connectivity index (χ4n) is 2.81. The van der Waals surface area contributed by atoms with E-state index in [1.54, 1.807) is 0 Å². The van der Waals surface area contributed by atoms with E-state index >= 15 is 0 Å². The van der Waals surface area contributed by atoms with Gasteiger partial charge in [-0.3, -0.25) is 9.59 Å². The summed E-state index contributed by atoms with van der Waals surface area (Å²) < 4.78 is 40.5. The highest BCUT2D eigenvalue weighted by molar-refractivity contribution is 7.89. The fourth-order valence-corrected chi connectivity index (χ4v) is 4.04. The van der Waals surface area contributed by atoms with Crippen LogP contribution in [0.1, 0.15) is 23.7 Å². The third kappa shape index (κ3) is 3.81. The van der Waals surface area contributed by atoms with E-state index in [0.717, 1.165) is 0 Å². The van der Waals surface area contributed by atoms with Gasteiger partial charge >= 0.3 is 0 Å². The number of anilines is 1. The molecule has 1 fully saturated rings. The van der Waals surface area contributed by atoms with Gasteiger partial charge in [-0.15, -0.1) is 0 Å². The van der Waals surface area contributed by atoms with E-state index in [0.29, 0.717) is 11.3 Å². The highest BCUT2D eigenvalue weighted by Crippen LogP contribution is 2.23. The van der Waals surface area contributed by atoms with Crippen LogP contribution >= 0.6 is 0 Å². The Morgan fingerprint density at radius 2 is 1.73 bits per heavy atom. The Morgan fingerprint density at radius 1 is 1.12 bits per heavy atom. The summed E-state index contributed by atoms with van der Waals surface area (Å²) in [6.07, 6.45) is 0.0160. The van der Waals surface area contributed by atoms with Crippen molar-refractivity contribution in [2.24, 2.45) is 0 Å². The number of nitrogens with one attached hydrogen (secondary N) is 1. The molecular formula is C18H17FN2O4S. The SMILES string of the molecule is CC(=O)c1ccc(S(=O)(=O)N[C@H]2CC(=O)N(c3ccc(F)cc3)C2)cc1. The summed E-state index contributed by atoms with van der Waals surface area (Å²) in [4.78, 5) is 24.9. The predicted molar refractivity (Wildman–Crippen MR) is 93.9 cm³/mol. The molecule has 3 rings (SSSR count). The molecule has 1 atom stereocenters. The molecule has 136 valence electrons. The Bertz CT molecular complexity index is 940. The number of halogens is 1. The number of nitrogens with zero attached hydrogens (tertiary/aromatic N) is 1. The largest absolute Gasteiger partial charge is 0.311 e. The molecule has 1 amide bonds. The quantitative estimate of drug-likeness (QED) is 0.810. The van der Waals surface area contributed by atoms with Gasteiger partial charge in [0.05, 0.1) is 4.90 Å². The number of amides is 1. The smallest absolute Gasteiger partial charge is 0.240 e. The molecule has 0 unspecified atom stereocenters. The first-order chi connectivity index (χ1) is 12.3. The number of rotatable bonds is 5. The van der Waals surface area contributed by atoms with Gasteiger partial charge in [-0.1, -0.05) is 12.1 Å². The van der Waals surface area contributed by atoms with Gasteiger partial charge in [-0.2, -0.15) is 0 Å². The molecule has 1 saturated heterocycles. The molecule has 0 saturated carbocycles. The maximum Gasteiger partial charge on any atom is 0.240 e. The zero-order chi connectivity index (χ0) is 18.9. The molecule has 26 heavy (non-hydrogen) atoms. The van der Waals surface area contributed by atoms with Crippen molar-refractivity contribution in [2.75, 3.05) is 11.4 Å². The lowest BCUT2D eigenvalue weighted by atomic mass is 10.2. The molecule has 8 heteroatoms. The maximum atomic E-state index is 13.0. The molecule has 1 aliphatic rings. The zero-order valence-electron chi connectivity index (χ0n) is 14.0. The molecule has 2 aromatic rings. The second-order valence-corrected chi connectivity index (χ2v) is 7.80. The Hall–Kier alpha value is -2.58. The van der Waals surface area contributed by atoms with Crippen molar-refractivity contribution in [2.45, 2.75) is 24.3 Å². The second kappa shape index (κ2) is 6.97. The number of carbonyl (C=O) groups is 2. The molecule has 1 N–H and O–H groups in total. The molecule has 1 aliphatic heterocycles. The summed E-state index contributed by atoms with van der Waals surface area (Å²) in [7, 11) is -3.82. The lowest BCUT2D eigenvalue weighted by molar-refractivity contribution is -0.117. The zero-order valence-corrected chi connectivity index (χ0v) is 14.8. The molecule has 0 aliphatic carbocycles. The van der Waals surface area contributed by atoms with E-state index in [2.05, 4.69) is 4.72 Å². The van der Waals surface area contributed by atoms with Crippen LogP contribution in [-0.4, -0.2) is 32.7 Å². The van der Waals surface area contributed by atoms with Crippen LogP contribution in [-0.2, 0) is 14.8 Å². The van der Waals surface area contributed by atoms with Gasteiger partial charge in [0.1, 0.15) is 5.82 Å². The molecule has 0 bridgehead atoms. The van der Waals surface area contributed by atoms with Crippen LogP contribution < -0.4 is 9.62 Å². The monoisotopic (exact) mass is 376 g/mol. The number of ketones is 1. The van der Waals surface area contributed by atoms with Gasteiger partial charge in [0.2, 0.25) is 15.9 Å². The molecular weight excluding hydrogens is 359 g/mol. The minimum Gasteiger partial charge on any atom is -0.311 e. The van der Waals surface area contributed by atoms with E-state index in [-0.39, 0.29) is 29.6 Å². The summed E-state index contributed by atoms with van der Waals surface area (Å²) in [5, 5.41) is 0. The van der Waals surface area contributed by atoms with E-state index in [4.69, 9.17) is 0 Å². The predicted octanol–water partition coefficient (Wildman–Crippen LogP) is 2.11. The first-order valence-electron chi connectivity index (χ1n) is 7.95. The van der Waals surface area contributed by atoms with E-state index < -0.39 is 21.9 Å². The number of sulfonamides is 1. The van der Waals surface area contributed by atoms with Gasteiger partial charge < -0.3 is 4.90 Å². The van der Waals surface area contributed by atoms with Crippen LogP contribution in [0.3, 0.4) is 0 Å². The van der Waals surface area contributed by atoms with Crippen molar-refractivity contribution < 1.29 is 22.4 Å². The molecule has 0 radical (unpaired) electrons. The van der Waals surface area contributed by atoms with Crippen LogP contribution in [0.4, 0.5) is 10.1 Å². The van der Waals surface area contributed by atoms with Crippen LogP contribution in [0.2, 0.25) is 0 Å². The lowest BCUT2D eigenvalue weighted by Crippen LogP contribution is -2.37. The van der Waals surface area contributed by atoms with Gasteiger partial charge in [-0.05, 0) is 43.3 Å². The number of benzene rings is 2. The van der Waals surface area contributed by atoms with Crippen LogP contribution in [0.15, 0.2) is 53.4 Å². The lowest BCUT2D eigenvalue weighted by Gasteiger charge is -2.17. The minimum atomic E-state index is -3.82. The van der Waals surface area contributed by atoms with Gasteiger partial charge in [0.15, 0.2) is 5.78 Å². The Morgan fingerprint density at radius 3 is 2.31 bits per heavy atom. The van der Waals surface area contributed by atoms with E-state index in [9.17, 15) is 22.4 Å².